The van der Waals surface area contributed by atoms with Crippen LogP contribution in [0.15, 0.2) is 18.5 Å². The second-order valence-corrected chi connectivity index (χ2v) is 7.57. The Morgan fingerprint density at radius 2 is 2.07 bits per heavy atom. The molecule has 0 aromatic carbocycles. The molecule has 0 unspecified atom stereocenters. The van der Waals surface area contributed by atoms with Gasteiger partial charge in [0, 0.05) is 12.0 Å². The van der Waals surface area contributed by atoms with Crippen molar-refractivity contribution in [1.82, 2.24) is 14.8 Å². The molecule has 0 saturated heterocycles. The molecule has 2 heterocycles. The lowest BCUT2D eigenvalue weighted by atomic mass is 9.72. The molecule has 14 heteroatoms. The average molecular weight is 448 g/mol. The Labute approximate surface area is 167 Å². The van der Waals surface area contributed by atoms with Gasteiger partial charge in [0.05, 0.1) is 11.8 Å². The molecule has 1 N–H and O–H groups in total. The lowest BCUT2D eigenvalue weighted by Gasteiger charge is -2.40. The van der Waals surface area contributed by atoms with Gasteiger partial charge < -0.3 is 9.03 Å². The van der Waals surface area contributed by atoms with E-state index >= 15 is 0 Å². The van der Waals surface area contributed by atoms with Crippen molar-refractivity contribution in [2.24, 2.45) is 0 Å². The Morgan fingerprint density at radius 1 is 1.40 bits per heavy atom. The summed E-state index contributed by atoms with van der Waals surface area (Å²) < 4.78 is 88.3. The quantitative estimate of drug-likeness (QED) is 0.410. The van der Waals surface area contributed by atoms with Crippen molar-refractivity contribution in [1.29, 1.82) is 0 Å². The number of nitrogens with zero attached hydrogens (tertiary/aromatic N) is 4. The highest BCUT2D eigenvalue weighted by atomic mass is 32.3. The largest absolute Gasteiger partial charge is 0.448 e. The fourth-order valence-corrected chi connectivity index (χ4v) is 3.42. The van der Waals surface area contributed by atoms with E-state index in [1.165, 1.54) is 0 Å². The zero-order chi connectivity index (χ0) is 22.3. The number of alkyl halides is 3. The van der Waals surface area contributed by atoms with Crippen LogP contribution in [0.25, 0.3) is 4.85 Å². The van der Waals surface area contributed by atoms with Gasteiger partial charge in [-0.15, -0.1) is 10.1 Å². The number of rotatable bonds is 6. The zero-order valence-electron chi connectivity index (χ0n) is 14.8. The Bertz CT molecular complexity index is 1150. The minimum atomic E-state index is -5.05. The SMILES string of the molecule is [C-]#[N+]c1ncc(CC(=O)C2(n3cc(F)c(OS(=O)(=O)O)n3)CCC2)cc1C(F)(F)F. The summed E-state index contributed by atoms with van der Waals surface area (Å²) >= 11 is 0. The average Bonchev–Trinajstić information content (AvgIpc) is 2.91. The molecule has 30 heavy (non-hydrogen) atoms. The number of hydrogen-bond acceptors (Lipinski definition) is 6. The molecule has 1 aliphatic carbocycles. The van der Waals surface area contributed by atoms with E-state index in [1.807, 2.05) is 0 Å². The minimum Gasteiger partial charge on any atom is -0.360 e. The van der Waals surface area contributed by atoms with E-state index in [2.05, 4.69) is 19.1 Å². The van der Waals surface area contributed by atoms with E-state index in [9.17, 15) is 30.8 Å². The molecule has 1 aliphatic rings. The van der Waals surface area contributed by atoms with E-state index in [4.69, 9.17) is 11.1 Å². The summed E-state index contributed by atoms with van der Waals surface area (Å²) in [5.74, 6) is -3.79. The summed E-state index contributed by atoms with van der Waals surface area (Å²) in [5.41, 5.74) is -2.80. The fourth-order valence-electron chi connectivity index (χ4n) is 3.11. The third kappa shape index (κ3) is 4.12. The predicted octanol–water partition coefficient (Wildman–Crippen LogP) is 2.86. The molecule has 160 valence electrons. The van der Waals surface area contributed by atoms with Crippen molar-refractivity contribution in [2.45, 2.75) is 37.4 Å². The number of carbonyl (C=O) groups is 1. The van der Waals surface area contributed by atoms with Crippen LogP contribution in [0.5, 0.6) is 5.88 Å². The Balaban J connectivity index is 1.91. The molecule has 0 radical (unpaired) electrons. The van der Waals surface area contributed by atoms with Crippen LogP contribution in [-0.4, -0.2) is 33.5 Å². The van der Waals surface area contributed by atoms with Gasteiger partial charge in [-0.1, -0.05) is 12.6 Å². The summed E-state index contributed by atoms with van der Waals surface area (Å²) in [6.07, 6.45) is -2.78. The van der Waals surface area contributed by atoms with Crippen LogP contribution in [0.1, 0.15) is 30.4 Å². The molecule has 0 atom stereocenters. The van der Waals surface area contributed by atoms with Crippen LogP contribution in [-0.2, 0) is 33.3 Å². The maximum atomic E-state index is 13.9. The molecule has 0 bridgehead atoms. The number of aromatic nitrogens is 3. The smallest absolute Gasteiger partial charge is 0.360 e. The Kier molecular flexibility index (Phi) is 5.29. The summed E-state index contributed by atoms with van der Waals surface area (Å²) in [6, 6.07) is 0.654. The standard InChI is InChI=1S/C16H12F4N4O5S/c1-21-13-10(16(18,19)20)5-9(7-22-13)6-12(25)15(3-2-4-15)24-8-11(17)14(23-24)29-30(26,27)28/h5,7-8H,2-4,6H2,(H,26,27,28). The van der Waals surface area contributed by atoms with Crippen molar-refractivity contribution < 1.29 is 39.5 Å². The van der Waals surface area contributed by atoms with E-state index in [0.717, 1.165) is 10.9 Å². The van der Waals surface area contributed by atoms with Gasteiger partial charge >= 0.3 is 16.6 Å². The van der Waals surface area contributed by atoms with Crippen LogP contribution < -0.4 is 4.18 Å². The van der Waals surface area contributed by atoms with Crippen molar-refractivity contribution in [3.05, 3.63) is 46.8 Å². The van der Waals surface area contributed by atoms with E-state index in [0.29, 0.717) is 18.7 Å². The number of hydrogen-bond donors (Lipinski definition) is 1. The summed E-state index contributed by atoms with van der Waals surface area (Å²) in [7, 11) is -5.05. The van der Waals surface area contributed by atoms with Crippen LogP contribution in [0, 0.1) is 12.4 Å². The number of Topliss-reactive ketones (excluding diaryl/α,β-unsaturated/α-hetero) is 1. The van der Waals surface area contributed by atoms with Gasteiger partial charge in [-0.25, -0.2) is 0 Å². The topological polar surface area (TPSA) is 116 Å². The molecule has 0 aliphatic heterocycles. The first-order chi connectivity index (χ1) is 13.9. The number of halogens is 4. The number of carbonyl (C=O) groups excluding carboxylic acids is 1. The van der Waals surface area contributed by atoms with Crippen molar-refractivity contribution in [2.75, 3.05) is 0 Å². The maximum Gasteiger partial charge on any atom is 0.448 e. The molecule has 2 aromatic heterocycles. The molecular weight excluding hydrogens is 436 g/mol. The normalized spacial score (nSPS) is 15.9. The van der Waals surface area contributed by atoms with E-state index in [1.54, 1.807) is 0 Å². The summed E-state index contributed by atoms with van der Waals surface area (Å²) in [5, 5.41) is 3.56. The molecule has 3 rings (SSSR count). The first-order valence-corrected chi connectivity index (χ1v) is 9.62. The highest BCUT2D eigenvalue weighted by Gasteiger charge is 2.47. The van der Waals surface area contributed by atoms with Crippen molar-refractivity contribution in [3.8, 4) is 5.88 Å². The summed E-state index contributed by atoms with van der Waals surface area (Å²) in [4.78, 5) is 19.0. The van der Waals surface area contributed by atoms with Crippen molar-refractivity contribution in [3.63, 3.8) is 0 Å². The first-order valence-electron chi connectivity index (χ1n) is 8.25. The second-order valence-electron chi connectivity index (χ2n) is 6.55. The van der Waals surface area contributed by atoms with E-state index in [-0.39, 0.29) is 18.4 Å². The zero-order valence-corrected chi connectivity index (χ0v) is 15.7. The number of pyridine rings is 1. The second kappa shape index (κ2) is 7.33. The van der Waals surface area contributed by atoms with Crippen molar-refractivity contribution >= 4 is 22.0 Å². The third-order valence-electron chi connectivity index (χ3n) is 4.66. The first kappa shape index (κ1) is 21.7. The Morgan fingerprint density at radius 3 is 2.57 bits per heavy atom. The van der Waals surface area contributed by atoms with Gasteiger partial charge in [0.15, 0.2) is 5.78 Å². The highest BCUT2D eigenvalue weighted by molar-refractivity contribution is 7.81. The molecule has 1 saturated carbocycles. The summed E-state index contributed by atoms with van der Waals surface area (Å²) in [6.45, 7) is 6.79. The Hall–Kier alpha value is -3.05. The monoisotopic (exact) mass is 448 g/mol. The van der Waals surface area contributed by atoms with Gasteiger partial charge in [-0.3, -0.25) is 14.0 Å². The number of ketones is 1. The molecule has 9 nitrogen and oxygen atoms in total. The molecule has 0 amide bonds. The van der Waals surface area contributed by atoms with Crippen LogP contribution in [0.2, 0.25) is 0 Å². The lowest BCUT2D eigenvalue weighted by molar-refractivity contribution is -0.137. The van der Waals surface area contributed by atoms with Crippen LogP contribution in [0.3, 0.4) is 0 Å². The van der Waals surface area contributed by atoms with Crippen LogP contribution >= 0.6 is 0 Å². The molecule has 1 fully saturated rings. The van der Waals surface area contributed by atoms with Gasteiger partial charge in [0.25, 0.3) is 11.7 Å². The third-order valence-corrected chi connectivity index (χ3v) is 5.03. The van der Waals surface area contributed by atoms with Crippen LogP contribution in [0.4, 0.5) is 23.4 Å². The van der Waals surface area contributed by atoms with Gasteiger partial charge in [-0.2, -0.15) is 26.0 Å². The van der Waals surface area contributed by atoms with Gasteiger partial charge in [0.1, 0.15) is 11.7 Å². The van der Waals surface area contributed by atoms with Gasteiger partial charge in [0.2, 0.25) is 5.82 Å². The lowest BCUT2D eigenvalue weighted by Crippen LogP contribution is -2.49. The molecule has 0 spiro atoms. The van der Waals surface area contributed by atoms with Gasteiger partial charge in [-0.05, 0) is 19.3 Å². The maximum absolute atomic E-state index is 13.9. The van der Waals surface area contributed by atoms with E-state index < -0.39 is 57.4 Å². The molecule has 2 aromatic rings. The minimum absolute atomic E-state index is 0.104. The molecular formula is C16H12F4N4O5S. The highest BCUT2D eigenvalue weighted by Crippen LogP contribution is 2.42. The predicted molar refractivity (Wildman–Crippen MR) is 90.4 cm³/mol. The fraction of sp³-hybridized carbons (Fsp3) is 0.375.